The predicted molar refractivity (Wildman–Crippen MR) is 149 cm³/mol. The molecule has 1 atom stereocenters. The third kappa shape index (κ3) is 7.05. The zero-order valence-electron chi connectivity index (χ0n) is 21.8. The summed E-state index contributed by atoms with van der Waals surface area (Å²) in [6.45, 7) is 5.32. The number of likely N-dealkylation sites (N-methyl/N-ethyl adjacent to an activating group) is 1. The van der Waals surface area contributed by atoms with Gasteiger partial charge in [-0.05, 0) is 74.9 Å². The van der Waals surface area contributed by atoms with Crippen LogP contribution in [0.3, 0.4) is 0 Å². The van der Waals surface area contributed by atoms with E-state index in [1.54, 1.807) is 67.6 Å². The maximum Gasteiger partial charge on any atom is 0.264 e. The van der Waals surface area contributed by atoms with Crippen molar-refractivity contribution in [2.45, 2.75) is 38.3 Å². The van der Waals surface area contributed by atoms with E-state index in [9.17, 15) is 18.0 Å². The van der Waals surface area contributed by atoms with E-state index in [-0.39, 0.29) is 17.3 Å². The quantitative estimate of drug-likeness (QED) is 0.377. The fourth-order valence-electron chi connectivity index (χ4n) is 3.87. The molecule has 0 aliphatic rings. The van der Waals surface area contributed by atoms with Crippen LogP contribution in [0.1, 0.15) is 25.0 Å². The molecule has 0 aromatic heterocycles. The summed E-state index contributed by atoms with van der Waals surface area (Å²) in [7, 11) is -2.67. The Bertz CT molecular complexity index is 1360. The van der Waals surface area contributed by atoms with Gasteiger partial charge < -0.3 is 15.0 Å². The topological polar surface area (TPSA) is 96.0 Å². The van der Waals surface area contributed by atoms with Crippen LogP contribution in [0.4, 0.5) is 5.69 Å². The molecular weight excluding hydrogens is 526 g/mol. The number of rotatable bonds is 11. The molecule has 0 bridgehead atoms. The number of ether oxygens (including phenoxy) is 1. The minimum Gasteiger partial charge on any atom is -0.494 e. The second-order valence-corrected chi connectivity index (χ2v) is 11.0. The third-order valence-corrected chi connectivity index (χ3v) is 8.00. The van der Waals surface area contributed by atoms with E-state index in [1.165, 1.54) is 24.1 Å². The van der Waals surface area contributed by atoms with Crippen LogP contribution in [-0.2, 0) is 26.2 Å². The summed E-state index contributed by atoms with van der Waals surface area (Å²) in [6, 6.07) is 19.0. The fraction of sp³-hybridized carbons (Fsp3) is 0.286. The number of hydrogen-bond donors (Lipinski definition) is 1. The van der Waals surface area contributed by atoms with Crippen LogP contribution in [-0.4, -0.2) is 51.4 Å². The molecule has 1 unspecified atom stereocenters. The first-order valence-corrected chi connectivity index (χ1v) is 14.0. The van der Waals surface area contributed by atoms with Gasteiger partial charge in [-0.2, -0.15) is 0 Å². The van der Waals surface area contributed by atoms with Crippen molar-refractivity contribution in [1.29, 1.82) is 0 Å². The summed E-state index contributed by atoms with van der Waals surface area (Å²) in [5, 5.41) is 3.05. The summed E-state index contributed by atoms with van der Waals surface area (Å²) >= 11 is 6.13. The molecule has 0 aliphatic heterocycles. The molecule has 3 rings (SSSR count). The molecule has 38 heavy (non-hydrogen) atoms. The lowest BCUT2D eigenvalue weighted by atomic mass is 10.1. The molecule has 0 spiro atoms. The standard InChI is InChI=1S/C28H32ClN3O5S/c1-5-37-25-13-15-26(16-14-25)38(35,36)32(24-11-9-20(2)10-12-24)19-27(33)31(21(3)28(34)30-4)18-22-7-6-8-23(29)17-22/h6-17,21H,5,18-19H2,1-4H3,(H,30,34). The highest BCUT2D eigenvalue weighted by Gasteiger charge is 2.32. The Morgan fingerprint density at radius 1 is 1.03 bits per heavy atom. The Kier molecular flexibility index (Phi) is 9.77. The van der Waals surface area contributed by atoms with Crippen molar-refractivity contribution in [2.24, 2.45) is 0 Å². The number of aryl methyl sites for hydroxylation is 1. The lowest BCUT2D eigenvalue weighted by Crippen LogP contribution is -2.50. The van der Waals surface area contributed by atoms with Crippen molar-refractivity contribution in [3.63, 3.8) is 0 Å². The summed E-state index contributed by atoms with van der Waals surface area (Å²) in [6.07, 6.45) is 0. The summed E-state index contributed by atoms with van der Waals surface area (Å²) in [4.78, 5) is 27.6. The largest absolute Gasteiger partial charge is 0.494 e. The van der Waals surface area contributed by atoms with Crippen LogP contribution in [0.25, 0.3) is 0 Å². The van der Waals surface area contributed by atoms with Gasteiger partial charge in [0.25, 0.3) is 10.0 Å². The number of carbonyl (C=O) groups excluding carboxylic acids is 2. The molecule has 3 aromatic carbocycles. The predicted octanol–water partition coefficient (Wildman–Crippen LogP) is 4.41. The Hall–Kier alpha value is -3.56. The van der Waals surface area contributed by atoms with E-state index in [2.05, 4.69) is 5.32 Å². The molecule has 10 heteroatoms. The van der Waals surface area contributed by atoms with Gasteiger partial charge in [0.1, 0.15) is 18.3 Å². The Morgan fingerprint density at radius 3 is 2.26 bits per heavy atom. The van der Waals surface area contributed by atoms with E-state index < -0.39 is 28.5 Å². The number of halogens is 1. The highest BCUT2D eigenvalue weighted by molar-refractivity contribution is 7.92. The number of carbonyl (C=O) groups is 2. The number of sulfonamides is 1. The lowest BCUT2D eigenvalue weighted by Gasteiger charge is -2.31. The maximum absolute atomic E-state index is 13.8. The number of benzene rings is 3. The highest BCUT2D eigenvalue weighted by Crippen LogP contribution is 2.26. The molecule has 0 aliphatic carbocycles. The molecular formula is C28H32ClN3O5S. The summed E-state index contributed by atoms with van der Waals surface area (Å²) < 4.78 is 34.1. The van der Waals surface area contributed by atoms with Gasteiger partial charge in [-0.3, -0.25) is 13.9 Å². The monoisotopic (exact) mass is 557 g/mol. The van der Waals surface area contributed by atoms with Gasteiger partial charge in [-0.15, -0.1) is 0 Å². The van der Waals surface area contributed by atoms with E-state index in [0.29, 0.717) is 28.6 Å². The minimum absolute atomic E-state index is 0.00932. The molecule has 0 heterocycles. The maximum atomic E-state index is 13.8. The number of amides is 2. The average Bonchev–Trinajstić information content (AvgIpc) is 2.90. The first-order valence-electron chi connectivity index (χ1n) is 12.1. The SMILES string of the molecule is CCOc1ccc(S(=O)(=O)N(CC(=O)N(Cc2cccc(Cl)c2)C(C)C(=O)NC)c2ccc(C)cc2)cc1. The van der Waals surface area contributed by atoms with Crippen molar-refractivity contribution in [1.82, 2.24) is 10.2 Å². The van der Waals surface area contributed by atoms with Gasteiger partial charge in [-0.1, -0.05) is 41.4 Å². The number of anilines is 1. The van der Waals surface area contributed by atoms with Gasteiger partial charge in [0.15, 0.2) is 0 Å². The van der Waals surface area contributed by atoms with Crippen molar-refractivity contribution in [2.75, 3.05) is 24.5 Å². The fourth-order valence-corrected chi connectivity index (χ4v) is 5.49. The van der Waals surface area contributed by atoms with Crippen LogP contribution in [0, 0.1) is 6.92 Å². The normalized spacial score (nSPS) is 11.9. The van der Waals surface area contributed by atoms with Crippen LogP contribution in [0.15, 0.2) is 77.7 Å². The highest BCUT2D eigenvalue weighted by atomic mass is 35.5. The molecule has 2 amide bonds. The Balaban J connectivity index is 2.01. The van der Waals surface area contributed by atoms with Crippen LogP contribution in [0.2, 0.25) is 5.02 Å². The van der Waals surface area contributed by atoms with Gasteiger partial charge in [-0.25, -0.2) is 8.42 Å². The third-order valence-electron chi connectivity index (χ3n) is 5.98. The van der Waals surface area contributed by atoms with Crippen molar-refractivity contribution in [3.8, 4) is 5.75 Å². The molecule has 0 saturated heterocycles. The van der Waals surface area contributed by atoms with Crippen molar-refractivity contribution >= 4 is 39.1 Å². The number of nitrogens with zero attached hydrogens (tertiary/aromatic N) is 2. The first-order chi connectivity index (χ1) is 18.1. The molecule has 0 radical (unpaired) electrons. The van der Waals surface area contributed by atoms with E-state index in [1.807, 2.05) is 13.8 Å². The number of hydrogen-bond acceptors (Lipinski definition) is 5. The van der Waals surface area contributed by atoms with E-state index in [0.717, 1.165) is 9.87 Å². The van der Waals surface area contributed by atoms with E-state index >= 15 is 0 Å². The Labute approximate surface area is 229 Å². The van der Waals surface area contributed by atoms with Gasteiger partial charge in [0, 0.05) is 18.6 Å². The zero-order valence-corrected chi connectivity index (χ0v) is 23.4. The smallest absolute Gasteiger partial charge is 0.264 e. The van der Waals surface area contributed by atoms with Gasteiger partial charge >= 0.3 is 0 Å². The second-order valence-electron chi connectivity index (χ2n) is 8.69. The van der Waals surface area contributed by atoms with Gasteiger partial charge in [0.2, 0.25) is 11.8 Å². The second kappa shape index (κ2) is 12.8. The average molecular weight is 558 g/mol. The molecule has 3 aromatic rings. The molecule has 1 N–H and O–H groups in total. The molecule has 0 fully saturated rings. The van der Waals surface area contributed by atoms with Crippen molar-refractivity contribution in [3.05, 3.63) is 88.9 Å². The summed E-state index contributed by atoms with van der Waals surface area (Å²) in [5.74, 6) is -0.385. The zero-order chi connectivity index (χ0) is 27.9. The van der Waals surface area contributed by atoms with E-state index in [4.69, 9.17) is 16.3 Å². The van der Waals surface area contributed by atoms with Crippen LogP contribution in [0.5, 0.6) is 5.75 Å². The minimum atomic E-state index is -4.15. The number of nitrogens with one attached hydrogen (secondary N) is 1. The first kappa shape index (κ1) is 29.0. The van der Waals surface area contributed by atoms with Crippen molar-refractivity contribution < 1.29 is 22.7 Å². The molecule has 8 nitrogen and oxygen atoms in total. The molecule has 0 saturated carbocycles. The van der Waals surface area contributed by atoms with Crippen LogP contribution >= 0.6 is 11.6 Å². The lowest BCUT2D eigenvalue weighted by molar-refractivity contribution is -0.139. The Morgan fingerprint density at radius 2 is 1.68 bits per heavy atom. The van der Waals surface area contributed by atoms with Crippen LogP contribution < -0.4 is 14.4 Å². The summed E-state index contributed by atoms with van der Waals surface area (Å²) in [5.41, 5.74) is 1.97. The van der Waals surface area contributed by atoms with Gasteiger partial charge in [0.05, 0.1) is 17.2 Å². The molecule has 202 valence electrons.